The summed E-state index contributed by atoms with van der Waals surface area (Å²) in [6.45, 7) is 5.82. The lowest BCUT2D eigenvalue weighted by Crippen LogP contribution is -2.40. The van der Waals surface area contributed by atoms with E-state index in [0.717, 1.165) is 0 Å². The summed E-state index contributed by atoms with van der Waals surface area (Å²) in [6, 6.07) is 0. The van der Waals surface area contributed by atoms with Crippen molar-refractivity contribution in [1.82, 2.24) is 0 Å². The maximum Gasteiger partial charge on any atom is 0.179 e. The fourth-order valence-corrected chi connectivity index (χ4v) is 2.03. The molecule has 76 valence electrons. The van der Waals surface area contributed by atoms with Crippen molar-refractivity contribution in [2.75, 3.05) is 27.7 Å². The van der Waals surface area contributed by atoms with Crippen LogP contribution in [0.15, 0.2) is 12.2 Å². The normalized spacial score (nSPS) is 14.8. The smallest absolute Gasteiger partial charge is 0.179 e. The molecule has 0 saturated carbocycles. The fraction of sp³-hybridized carbons (Fsp3) is 0.667. The van der Waals surface area contributed by atoms with Crippen molar-refractivity contribution in [3.8, 4) is 0 Å². The lowest BCUT2D eigenvalue weighted by molar-refractivity contribution is -0.871. The SMILES string of the molecule is C=C(C)C(=O)PC(O)C[N+](C)(C)C. The van der Waals surface area contributed by atoms with E-state index in [1.54, 1.807) is 6.92 Å². The third-order valence-electron chi connectivity index (χ3n) is 1.41. The molecule has 3 nitrogen and oxygen atoms in total. The van der Waals surface area contributed by atoms with Gasteiger partial charge in [-0.25, -0.2) is 0 Å². The van der Waals surface area contributed by atoms with Crippen molar-refractivity contribution in [3.05, 3.63) is 12.2 Å². The predicted molar refractivity (Wildman–Crippen MR) is 57.0 cm³/mol. The van der Waals surface area contributed by atoms with Crippen LogP contribution in [0.4, 0.5) is 0 Å². The molecule has 4 heteroatoms. The highest BCUT2D eigenvalue weighted by Crippen LogP contribution is 2.22. The number of carbonyl (C=O) groups excluding carboxylic acids is 1. The molecule has 0 rings (SSSR count). The standard InChI is InChI=1S/C9H19NO2P/c1-7(2)9(12)13-8(11)6-10(3,4)5/h8,11,13H,1,6H2,2-5H3/q+1. The van der Waals surface area contributed by atoms with Crippen LogP contribution in [0, 0.1) is 0 Å². The Labute approximate surface area is 81.8 Å². The largest absolute Gasteiger partial charge is 0.383 e. The first-order valence-corrected chi connectivity index (χ1v) is 5.25. The monoisotopic (exact) mass is 204 g/mol. The summed E-state index contributed by atoms with van der Waals surface area (Å²) >= 11 is 0. The van der Waals surface area contributed by atoms with E-state index < -0.39 is 5.85 Å². The third-order valence-corrected chi connectivity index (χ3v) is 2.61. The molecule has 0 aromatic rings. The first-order chi connectivity index (χ1) is 5.72. The minimum absolute atomic E-state index is 0.0269. The molecule has 1 N–H and O–H groups in total. The molecule has 0 saturated heterocycles. The number of aliphatic hydroxyl groups is 1. The van der Waals surface area contributed by atoms with Crippen molar-refractivity contribution >= 4 is 14.1 Å². The highest BCUT2D eigenvalue weighted by Gasteiger charge is 2.18. The van der Waals surface area contributed by atoms with Crippen molar-refractivity contribution in [2.45, 2.75) is 12.8 Å². The second-order valence-electron chi connectivity index (χ2n) is 4.24. The van der Waals surface area contributed by atoms with Gasteiger partial charge in [-0.05, 0) is 21.1 Å². The average Bonchev–Trinajstić information content (AvgIpc) is 1.81. The molecule has 0 aliphatic carbocycles. The van der Waals surface area contributed by atoms with Crippen molar-refractivity contribution in [3.63, 3.8) is 0 Å². The van der Waals surface area contributed by atoms with Gasteiger partial charge >= 0.3 is 0 Å². The van der Waals surface area contributed by atoms with E-state index in [9.17, 15) is 9.90 Å². The van der Waals surface area contributed by atoms with Gasteiger partial charge in [-0.3, -0.25) is 4.79 Å². The van der Waals surface area contributed by atoms with Crippen LogP contribution in [0.2, 0.25) is 0 Å². The minimum Gasteiger partial charge on any atom is -0.383 e. The van der Waals surface area contributed by atoms with Crippen molar-refractivity contribution in [1.29, 1.82) is 0 Å². The molecule has 0 fully saturated rings. The molecule has 0 radical (unpaired) electrons. The average molecular weight is 204 g/mol. The molecule has 2 unspecified atom stereocenters. The highest BCUT2D eigenvalue weighted by atomic mass is 31.1. The number of hydrogen-bond donors (Lipinski definition) is 1. The van der Waals surface area contributed by atoms with Gasteiger partial charge in [-0.2, -0.15) is 0 Å². The second-order valence-corrected chi connectivity index (χ2v) is 5.65. The molecular weight excluding hydrogens is 185 g/mol. The van der Waals surface area contributed by atoms with E-state index in [2.05, 4.69) is 6.58 Å². The number of allylic oxidation sites excluding steroid dienone is 1. The highest BCUT2D eigenvalue weighted by molar-refractivity contribution is 7.59. The Hall–Kier alpha value is -0.240. The molecule has 13 heavy (non-hydrogen) atoms. The third kappa shape index (κ3) is 6.88. The summed E-state index contributed by atoms with van der Waals surface area (Å²) in [7, 11) is 5.89. The number of carbonyl (C=O) groups is 1. The minimum atomic E-state index is -0.538. The summed E-state index contributed by atoms with van der Waals surface area (Å²) in [5, 5.41) is 9.54. The van der Waals surface area contributed by atoms with Crippen LogP contribution in [0.25, 0.3) is 0 Å². The summed E-state index contributed by atoms with van der Waals surface area (Å²) in [4.78, 5) is 11.2. The molecule has 0 heterocycles. The van der Waals surface area contributed by atoms with Gasteiger partial charge in [0.15, 0.2) is 5.52 Å². The van der Waals surface area contributed by atoms with Crippen LogP contribution < -0.4 is 0 Å². The van der Waals surface area contributed by atoms with Crippen LogP contribution in [0.3, 0.4) is 0 Å². The molecule has 0 amide bonds. The predicted octanol–water partition coefficient (Wildman–Crippen LogP) is 0.792. The van der Waals surface area contributed by atoms with E-state index >= 15 is 0 Å². The van der Waals surface area contributed by atoms with Crippen LogP contribution in [0.1, 0.15) is 6.92 Å². The van der Waals surface area contributed by atoms with Gasteiger partial charge in [0.25, 0.3) is 0 Å². The number of hydrogen-bond acceptors (Lipinski definition) is 2. The van der Waals surface area contributed by atoms with Crippen LogP contribution >= 0.6 is 8.58 Å². The van der Waals surface area contributed by atoms with Crippen LogP contribution in [0.5, 0.6) is 0 Å². The number of likely N-dealkylation sites (N-methyl/N-ethyl adjacent to an activating group) is 1. The van der Waals surface area contributed by atoms with Gasteiger partial charge in [0.2, 0.25) is 0 Å². The molecule has 2 atom stereocenters. The molecule has 0 spiro atoms. The number of rotatable bonds is 5. The lowest BCUT2D eigenvalue weighted by atomic mass is 10.4. The maximum absolute atomic E-state index is 11.2. The Morgan fingerprint density at radius 3 is 2.31 bits per heavy atom. The van der Waals surface area contributed by atoms with Gasteiger partial charge in [-0.1, -0.05) is 6.58 Å². The molecular formula is C9H19NO2P+. The Morgan fingerprint density at radius 1 is 1.54 bits per heavy atom. The Bertz CT molecular complexity index is 208. The maximum atomic E-state index is 11.2. The molecule has 0 aromatic heterocycles. The number of nitrogens with zero attached hydrogens (tertiary/aromatic N) is 1. The summed E-state index contributed by atoms with van der Waals surface area (Å²) in [6.07, 6.45) is 0. The molecule has 0 aliphatic rings. The van der Waals surface area contributed by atoms with Gasteiger partial charge in [0.1, 0.15) is 12.4 Å². The molecule has 0 aromatic carbocycles. The van der Waals surface area contributed by atoms with E-state index in [-0.39, 0.29) is 14.1 Å². The second kappa shape index (κ2) is 4.85. The zero-order valence-electron chi connectivity index (χ0n) is 8.79. The van der Waals surface area contributed by atoms with E-state index in [0.29, 0.717) is 16.6 Å². The Balaban J connectivity index is 3.95. The van der Waals surface area contributed by atoms with Gasteiger partial charge < -0.3 is 9.59 Å². The Kier molecular flexibility index (Phi) is 4.76. The van der Waals surface area contributed by atoms with Crippen molar-refractivity contribution in [2.24, 2.45) is 0 Å². The van der Waals surface area contributed by atoms with Crippen LogP contribution in [-0.4, -0.2) is 48.6 Å². The molecule has 0 bridgehead atoms. The van der Waals surface area contributed by atoms with Gasteiger partial charge in [0.05, 0.1) is 21.1 Å². The van der Waals surface area contributed by atoms with Gasteiger partial charge in [0, 0.05) is 0 Å². The first-order valence-electron chi connectivity index (χ1n) is 4.17. The van der Waals surface area contributed by atoms with Gasteiger partial charge in [-0.15, -0.1) is 0 Å². The topological polar surface area (TPSA) is 37.3 Å². The van der Waals surface area contributed by atoms with E-state index in [4.69, 9.17) is 0 Å². The van der Waals surface area contributed by atoms with Crippen molar-refractivity contribution < 1.29 is 14.4 Å². The zero-order valence-corrected chi connectivity index (χ0v) is 9.79. The Morgan fingerprint density at radius 2 is 2.00 bits per heavy atom. The summed E-state index contributed by atoms with van der Waals surface area (Å²) in [5.74, 6) is -0.538. The fourth-order valence-electron chi connectivity index (χ4n) is 0.839. The number of quaternary nitrogens is 1. The first kappa shape index (κ1) is 12.8. The number of aliphatic hydroxyl groups excluding tert-OH is 1. The quantitative estimate of drug-likeness (QED) is 0.408. The van der Waals surface area contributed by atoms with E-state index in [1.807, 2.05) is 21.1 Å². The summed E-state index contributed by atoms with van der Waals surface area (Å²) in [5.41, 5.74) is 0.500. The van der Waals surface area contributed by atoms with E-state index in [1.165, 1.54) is 0 Å². The van der Waals surface area contributed by atoms with Crippen LogP contribution in [-0.2, 0) is 4.79 Å². The lowest BCUT2D eigenvalue weighted by Gasteiger charge is -2.26. The zero-order chi connectivity index (χ0) is 10.6. The molecule has 0 aliphatic heterocycles. The summed E-state index contributed by atoms with van der Waals surface area (Å²) < 4.78 is 0.664.